The molecule has 0 unspecified atom stereocenters. The number of pyridine rings is 1. The van der Waals surface area contributed by atoms with Gasteiger partial charge in [0.05, 0.1) is 28.2 Å². The lowest BCUT2D eigenvalue weighted by Gasteiger charge is -2.35. The molecule has 1 aliphatic carbocycles. The number of nitrogens with one attached hydrogen (secondary N) is 1. The van der Waals surface area contributed by atoms with E-state index in [1.807, 2.05) is 37.0 Å². The van der Waals surface area contributed by atoms with Crippen molar-refractivity contribution in [1.82, 2.24) is 19.9 Å². The molecule has 0 bridgehead atoms. The summed E-state index contributed by atoms with van der Waals surface area (Å²) in [6, 6.07) is 6.07. The highest BCUT2D eigenvalue weighted by atomic mass is 32.2. The molecule has 0 aromatic carbocycles. The Labute approximate surface area is 195 Å². The monoisotopic (exact) mass is 451 g/mol. The number of likely N-dealkylation sites (N-methyl/N-ethyl adjacent to an activating group) is 1. The van der Waals surface area contributed by atoms with Gasteiger partial charge in [-0.05, 0) is 51.2 Å². The molecule has 1 saturated carbocycles. The van der Waals surface area contributed by atoms with Gasteiger partial charge >= 0.3 is 0 Å². The number of piperazine rings is 1. The number of hydrogen-bond acceptors (Lipinski definition) is 8. The SMILES string of the molecule is C=N/C(C)=C(\SC1CCCC1)c1ccnc(Nc2ccc(N3CCN(CC)CC3)cn2)n1. The van der Waals surface area contributed by atoms with Gasteiger partial charge < -0.3 is 15.1 Å². The number of nitrogens with zero attached hydrogens (tertiary/aromatic N) is 6. The van der Waals surface area contributed by atoms with Crippen LogP contribution in [0.5, 0.6) is 0 Å². The fraction of sp³-hybridized carbons (Fsp3) is 0.500. The molecule has 2 aliphatic rings. The first-order chi connectivity index (χ1) is 15.7. The highest BCUT2D eigenvalue weighted by Crippen LogP contribution is 2.40. The van der Waals surface area contributed by atoms with Crippen molar-refractivity contribution in [3.05, 3.63) is 42.0 Å². The summed E-state index contributed by atoms with van der Waals surface area (Å²) in [5.74, 6) is 1.28. The predicted molar refractivity (Wildman–Crippen MR) is 136 cm³/mol. The van der Waals surface area contributed by atoms with Crippen LogP contribution in [0.15, 0.2) is 41.3 Å². The highest BCUT2D eigenvalue weighted by Gasteiger charge is 2.21. The normalized spacial score (nSPS) is 18.5. The van der Waals surface area contributed by atoms with E-state index in [1.54, 1.807) is 6.20 Å². The van der Waals surface area contributed by atoms with Crippen molar-refractivity contribution < 1.29 is 0 Å². The summed E-state index contributed by atoms with van der Waals surface area (Å²) in [6.45, 7) is 13.3. The molecule has 2 aromatic rings. The number of thioether (sulfide) groups is 1. The van der Waals surface area contributed by atoms with Crippen LogP contribution in [0.4, 0.5) is 17.5 Å². The van der Waals surface area contributed by atoms with Crippen molar-refractivity contribution in [2.24, 2.45) is 4.99 Å². The van der Waals surface area contributed by atoms with Gasteiger partial charge in [-0.15, -0.1) is 11.8 Å². The van der Waals surface area contributed by atoms with Gasteiger partial charge in [-0.1, -0.05) is 19.8 Å². The summed E-state index contributed by atoms with van der Waals surface area (Å²) < 4.78 is 0. The second-order valence-electron chi connectivity index (χ2n) is 8.31. The molecule has 8 heteroatoms. The van der Waals surface area contributed by atoms with Crippen LogP contribution in [-0.4, -0.2) is 64.5 Å². The fourth-order valence-electron chi connectivity index (χ4n) is 4.20. The quantitative estimate of drug-likeness (QED) is 0.577. The largest absolute Gasteiger partial charge is 0.368 e. The second kappa shape index (κ2) is 10.9. The van der Waals surface area contributed by atoms with Gasteiger partial charge in [0.2, 0.25) is 5.95 Å². The molecule has 1 aliphatic heterocycles. The third-order valence-corrected chi connectivity index (χ3v) is 7.76. The lowest BCUT2D eigenvalue weighted by molar-refractivity contribution is 0.271. The molecule has 170 valence electrons. The predicted octanol–water partition coefficient (Wildman–Crippen LogP) is 4.82. The van der Waals surface area contributed by atoms with Crippen LogP contribution in [0.3, 0.4) is 0 Å². The lowest BCUT2D eigenvalue weighted by atomic mass is 10.2. The molecule has 0 radical (unpaired) electrons. The summed E-state index contributed by atoms with van der Waals surface area (Å²) in [6.07, 6.45) is 8.83. The van der Waals surface area contributed by atoms with Crippen LogP contribution >= 0.6 is 11.8 Å². The lowest BCUT2D eigenvalue weighted by Crippen LogP contribution is -2.46. The van der Waals surface area contributed by atoms with E-state index in [4.69, 9.17) is 4.98 Å². The Kier molecular flexibility index (Phi) is 7.76. The Morgan fingerprint density at radius 3 is 2.59 bits per heavy atom. The minimum atomic E-state index is 0.542. The van der Waals surface area contributed by atoms with Gasteiger partial charge in [0, 0.05) is 37.6 Å². The Hall–Kier alpha value is -2.45. The van der Waals surface area contributed by atoms with Gasteiger partial charge in [-0.25, -0.2) is 15.0 Å². The molecule has 4 rings (SSSR count). The van der Waals surface area contributed by atoms with E-state index in [-0.39, 0.29) is 0 Å². The average Bonchev–Trinajstić information content (AvgIpc) is 3.36. The zero-order valence-electron chi connectivity index (χ0n) is 19.1. The number of aromatic nitrogens is 3. The van der Waals surface area contributed by atoms with E-state index in [1.165, 1.54) is 25.7 Å². The smallest absolute Gasteiger partial charge is 0.228 e. The van der Waals surface area contributed by atoms with Gasteiger partial charge in [0.25, 0.3) is 0 Å². The van der Waals surface area contributed by atoms with Gasteiger partial charge in [-0.2, -0.15) is 0 Å². The molecule has 32 heavy (non-hydrogen) atoms. The Morgan fingerprint density at radius 2 is 1.94 bits per heavy atom. The van der Waals surface area contributed by atoms with Crippen molar-refractivity contribution >= 4 is 40.8 Å². The average molecular weight is 452 g/mol. The van der Waals surface area contributed by atoms with Crippen LogP contribution in [0.25, 0.3) is 4.91 Å². The molecule has 3 heterocycles. The van der Waals surface area contributed by atoms with E-state index in [0.717, 1.165) is 60.5 Å². The van der Waals surface area contributed by atoms with Crippen LogP contribution in [0, 0.1) is 0 Å². The van der Waals surface area contributed by atoms with Crippen LogP contribution in [0.2, 0.25) is 0 Å². The Bertz CT molecular complexity index is 930. The minimum absolute atomic E-state index is 0.542. The van der Waals surface area contributed by atoms with E-state index in [2.05, 4.69) is 49.8 Å². The summed E-state index contributed by atoms with van der Waals surface area (Å²) >= 11 is 1.88. The summed E-state index contributed by atoms with van der Waals surface area (Å²) in [5.41, 5.74) is 2.96. The van der Waals surface area contributed by atoms with Crippen molar-refractivity contribution in [1.29, 1.82) is 0 Å². The first-order valence-electron chi connectivity index (χ1n) is 11.5. The topological polar surface area (TPSA) is 69.5 Å². The fourth-order valence-corrected chi connectivity index (χ4v) is 5.58. The molecule has 1 N–H and O–H groups in total. The Morgan fingerprint density at radius 1 is 1.16 bits per heavy atom. The summed E-state index contributed by atoms with van der Waals surface area (Å²) in [4.78, 5) is 23.9. The summed E-state index contributed by atoms with van der Waals surface area (Å²) in [7, 11) is 0. The van der Waals surface area contributed by atoms with E-state index < -0.39 is 0 Å². The van der Waals surface area contributed by atoms with Gasteiger partial charge in [-0.3, -0.25) is 4.99 Å². The molecular formula is C24H33N7S. The first-order valence-corrected chi connectivity index (χ1v) is 12.4. The van der Waals surface area contributed by atoms with Crippen molar-refractivity contribution in [3.8, 4) is 0 Å². The molecule has 0 spiro atoms. The minimum Gasteiger partial charge on any atom is -0.368 e. The van der Waals surface area contributed by atoms with E-state index in [9.17, 15) is 0 Å². The second-order valence-corrected chi connectivity index (χ2v) is 9.62. The third kappa shape index (κ3) is 5.66. The molecule has 2 aromatic heterocycles. The van der Waals surface area contributed by atoms with Gasteiger partial charge in [0.1, 0.15) is 5.82 Å². The van der Waals surface area contributed by atoms with E-state index >= 15 is 0 Å². The highest BCUT2D eigenvalue weighted by molar-refractivity contribution is 8.08. The number of anilines is 3. The number of hydrogen-bond donors (Lipinski definition) is 1. The molecule has 0 amide bonds. The molecule has 7 nitrogen and oxygen atoms in total. The van der Waals surface area contributed by atoms with Crippen molar-refractivity contribution in [3.63, 3.8) is 0 Å². The zero-order valence-corrected chi connectivity index (χ0v) is 19.9. The molecule has 1 saturated heterocycles. The molecular weight excluding hydrogens is 418 g/mol. The van der Waals surface area contributed by atoms with Crippen LogP contribution < -0.4 is 10.2 Å². The van der Waals surface area contributed by atoms with Crippen molar-refractivity contribution in [2.75, 3.05) is 42.9 Å². The molecule has 0 atom stereocenters. The standard InChI is InChI=1S/C24H33N7S/c1-4-30-13-15-31(16-14-30)19-9-10-22(27-17-19)29-24-26-12-11-21(28-24)23(18(2)25-3)32-20-7-5-6-8-20/h9-12,17,20H,3-8,13-16H2,1-2H3,(H,26,27,28,29)/b23-18-. The first kappa shape index (κ1) is 22.7. The summed E-state index contributed by atoms with van der Waals surface area (Å²) in [5, 5.41) is 3.88. The number of aliphatic imine (C=N–C) groups is 1. The number of allylic oxidation sites excluding steroid dienone is 1. The maximum atomic E-state index is 4.76. The zero-order chi connectivity index (χ0) is 22.3. The van der Waals surface area contributed by atoms with Crippen LogP contribution in [-0.2, 0) is 0 Å². The van der Waals surface area contributed by atoms with Gasteiger partial charge in [0.15, 0.2) is 0 Å². The number of rotatable bonds is 8. The third-order valence-electron chi connectivity index (χ3n) is 6.21. The van der Waals surface area contributed by atoms with Crippen molar-refractivity contribution in [2.45, 2.75) is 44.8 Å². The van der Waals surface area contributed by atoms with Crippen LogP contribution in [0.1, 0.15) is 45.2 Å². The maximum Gasteiger partial charge on any atom is 0.228 e. The Balaban J connectivity index is 1.44. The molecule has 2 fully saturated rings. The maximum absolute atomic E-state index is 4.76. The van der Waals surface area contributed by atoms with E-state index in [0.29, 0.717) is 11.2 Å².